The minimum atomic E-state index is -0.0127. The molecule has 1 aliphatic carbocycles. The summed E-state index contributed by atoms with van der Waals surface area (Å²) in [5.74, 6) is 0.892. The molecule has 1 atom stereocenters. The molecule has 27 heavy (non-hydrogen) atoms. The smallest absolute Gasteiger partial charge is 0.255 e. The number of pyridine rings is 1. The minimum Gasteiger partial charge on any atom is -0.338 e. The van der Waals surface area contributed by atoms with Crippen LogP contribution in [0.25, 0.3) is 10.9 Å². The first-order valence-corrected chi connectivity index (χ1v) is 9.62. The van der Waals surface area contributed by atoms with Gasteiger partial charge in [-0.2, -0.15) is 0 Å². The van der Waals surface area contributed by atoms with Crippen molar-refractivity contribution in [3.8, 4) is 0 Å². The summed E-state index contributed by atoms with van der Waals surface area (Å²) >= 11 is 0. The molecule has 0 N–H and O–H groups in total. The van der Waals surface area contributed by atoms with Gasteiger partial charge in [0.1, 0.15) is 5.82 Å². The van der Waals surface area contributed by atoms with Crippen molar-refractivity contribution in [2.24, 2.45) is 0 Å². The number of amides is 1. The van der Waals surface area contributed by atoms with E-state index < -0.39 is 0 Å². The monoisotopic (exact) mass is 358 g/mol. The highest BCUT2D eigenvalue weighted by molar-refractivity contribution is 5.97. The first-order valence-electron chi connectivity index (χ1n) is 9.62. The molecule has 1 aliphatic heterocycles. The van der Waals surface area contributed by atoms with Gasteiger partial charge in [-0.1, -0.05) is 18.2 Å². The number of hydrogen-bond donors (Lipinski definition) is 0. The zero-order valence-electron chi connectivity index (χ0n) is 15.5. The third-order valence-corrected chi connectivity index (χ3v) is 6.06. The molecule has 136 valence electrons. The van der Waals surface area contributed by atoms with Gasteiger partial charge in [-0.15, -0.1) is 0 Å². The second-order valence-corrected chi connectivity index (χ2v) is 7.82. The van der Waals surface area contributed by atoms with Gasteiger partial charge in [-0.3, -0.25) is 9.78 Å². The normalized spacial score (nSPS) is 21.6. The zero-order chi connectivity index (χ0) is 18.4. The van der Waals surface area contributed by atoms with Crippen LogP contribution in [0, 0.1) is 6.92 Å². The van der Waals surface area contributed by atoms with Crippen LogP contribution in [0.2, 0.25) is 0 Å². The SMILES string of the molecule is Cc1ncc2c(n1)C1(CCCN(C(=O)c3cnc4ccccc4c3)C1)CC2. The van der Waals surface area contributed by atoms with E-state index in [0.29, 0.717) is 5.56 Å². The highest BCUT2D eigenvalue weighted by Crippen LogP contribution is 2.44. The van der Waals surface area contributed by atoms with Crippen molar-refractivity contribution in [2.75, 3.05) is 13.1 Å². The van der Waals surface area contributed by atoms with Crippen LogP contribution in [0.15, 0.2) is 42.7 Å². The lowest BCUT2D eigenvalue weighted by Crippen LogP contribution is -2.48. The number of fused-ring (bicyclic) bond motifs is 3. The number of hydrogen-bond acceptors (Lipinski definition) is 4. The minimum absolute atomic E-state index is 0.0127. The Morgan fingerprint density at radius 1 is 1.15 bits per heavy atom. The van der Waals surface area contributed by atoms with E-state index in [1.54, 1.807) is 6.20 Å². The van der Waals surface area contributed by atoms with Gasteiger partial charge < -0.3 is 4.90 Å². The summed E-state index contributed by atoms with van der Waals surface area (Å²) in [4.78, 5) is 28.8. The molecule has 1 unspecified atom stereocenters. The van der Waals surface area contributed by atoms with Crippen molar-refractivity contribution in [3.05, 3.63) is 65.4 Å². The summed E-state index contributed by atoms with van der Waals surface area (Å²) in [5.41, 5.74) is 4.00. The largest absolute Gasteiger partial charge is 0.338 e. The number of piperidine rings is 1. The Morgan fingerprint density at radius 3 is 2.96 bits per heavy atom. The van der Waals surface area contributed by atoms with Gasteiger partial charge in [0.2, 0.25) is 0 Å². The topological polar surface area (TPSA) is 59.0 Å². The lowest BCUT2D eigenvalue weighted by Gasteiger charge is -2.40. The maximum absolute atomic E-state index is 13.2. The van der Waals surface area contributed by atoms with Crippen molar-refractivity contribution in [3.63, 3.8) is 0 Å². The van der Waals surface area contributed by atoms with Gasteiger partial charge in [-0.25, -0.2) is 9.97 Å². The van der Waals surface area contributed by atoms with Crippen molar-refractivity contribution in [1.29, 1.82) is 0 Å². The number of nitrogens with zero attached hydrogens (tertiary/aromatic N) is 4. The summed E-state index contributed by atoms with van der Waals surface area (Å²) in [6.07, 6.45) is 7.85. The fraction of sp³-hybridized carbons (Fsp3) is 0.364. The Hall–Kier alpha value is -2.82. The van der Waals surface area contributed by atoms with Crippen LogP contribution in [0.5, 0.6) is 0 Å². The lowest BCUT2D eigenvalue weighted by atomic mass is 9.77. The first-order chi connectivity index (χ1) is 13.1. The average molecular weight is 358 g/mol. The van der Waals surface area contributed by atoms with Crippen molar-refractivity contribution < 1.29 is 4.79 Å². The molecule has 1 fully saturated rings. The summed E-state index contributed by atoms with van der Waals surface area (Å²) in [6, 6.07) is 9.87. The van der Waals surface area contributed by atoms with E-state index in [9.17, 15) is 4.79 Å². The number of carbonyl (C=O) groups excluding carboxylic acids is 1. The van der Waals surface area contributed by atoms with E-state index in [0.717, 1.165) is 55.5 Å². The van der Waals surface area contributed by atoms with Gasteiger partial charge >= 0.3 is 0 Å². The fourth-order valence-corrected chi connectivity index (χ4v) is 4.70. The van der Waals surface area contributed by atoms with E-state index in [1.165, 1.54) is 11.3 Å². The molecule has 0 bridgehead atoms. The molecule has 5 nitrogen and oxygen atoms in total. The Morgan fingerprint density at radius 2 is 2.04 bits per heavy atom. The summed E-state index contributed by atoms with van der Waals surface area (Å²) < 4.78 is 0. The number of para-hydroxylation sites is 1. The van der Waals surface area contributed by atoms with Crippen LogP contribution >= 0.6 is 0 Å². The molecule has 1 aromatic carbocycles. The van der Waals surface area contributed by atoms with Crippen LogP contribution in [0.3, 0.4) is 0 Å². The van der Waals surface area contributed by atoms with Gasteiger partial charge in [0.25, 0.3) is 5.91 Å². The molecule has 5 heteroatoms. The molecule has 1 amide bonds. The quantitative estimate of drug-likeness (QED) is 0.668. The van der Waals surface area contributed by atoms with E-state index >= 15 is 0 Å². The number of benzene rings is 1. The van der Waals surface area contributed by atoms with Gasteiger partial charge in [0.15, 0.2) is 0 Å². The van der Waals surface area contributed by atoms with Gasteiger partial charge in [0.05, 0.1) is 16.8 Å². The van der Waals surface area contributed by atoms with Gasteiger partial charge in [0, 0.05) is 36.3 Å². The maximum atomic E-state index is 13.2. The molecule has 0 saturated carbocycles. The molecule has 2 aromatic heterocycles. The standard InChI is InChI=1S/C22H22N4O/c1-15-23-12-17-7-9-22(20(17)25-15)8-4-10-26(14-22)21(27)18-11-16-5-2-3-6-19(16)24-13-18/h2-3,5-6,11-13H,4,7-10,14H2,1H3. The first kappa shape index (κ1) is 16.4. The molecule has 3 heterocycles. The number of likely N-dealkylation sites (tertiary alicyclic amines) is 1. The highest BCUT2D eigenvalue weighted by Gasteiger charge is 2.44. The number of aromatic nitrogens is 3. The maximum Gasteiger partial charge on any atom is 0.255 e. The van der Waals surface area contributed by atoms with Crippen LogP contribution in [0.4, 0.5) is 0 Å². The molecule has 3 aromatic rings. The Bertz CT molecular complexity index is 1040. The third kappa shape index (κ3) is 2.69. The molecule has 0 radical (unpaired) electrons. The molecule has 1 saturated heterocycles. The summed E-state index contributed by atoms with van der Waals surface area (Å²) in [7, 11) is 0. The van der Waals surface area contributed by atoms with E-state index in [2.05, 4.69) is 9.97 Å². The van der Waals surface area contributed by atoms with Crippen molar-refractivity contribution in [1.82, 2.24) is 19.9 Å². The fourth-order valence-electron chi connectivity index (χ4n) is 4.70. The van der Waals surface area contributed by atoms with E-state index in [4.69, 9.17) is 4.98 Å². The second-order valence-electron chi connectivity index (χ2n) is 7.82. The average Bonchev–Trinajstić information content (AvgIpc) is 3.04. The van der Waals surface area contributed by atoms with Crippen LogP contribution in [0.1, 0.15) is 46.7 Å². The molecule has 1 spiro atoms. The number of carbonyl (C=O) groups is 1. The molecular weight excluding hydrogens is 336 g/mol. The summed E-state index contributed by atoms with van der Waals surface area (Å²) in [5, 5.41) is 1.00. The molecular formula is C22H22N4O. The number of aryl methyl sites for hydroxylation is 2. The Labute approximate surface area is 158 Å². The van der Waals surface area contributed by atoms with Crippen LogP contribution in [-0.2, 0) is 11.8 Å². The zero-order valence-corrected chi connectivity index (χ0v) is 15.5. The second kappa shape index (κ2) is 6.12. The van der Waals surface area contributed by atoms with Gasteiger partial charge in [-0.05, 0) is 50.3 Å². The molecule has 2 aliphatic rings. The number of rotatable bonds is 1. The van der Waals surface area contributed by atoms with Crippen molar-refractivity contribution in [2.45, 2.75) is 38.0 Å². The lowest BCUT2D eigenvalue weighted by molar-refractivity contribution is 0.0633. The molecule has 5 rings (SSSR count). The highest BCUT2D eigenvalue weighted by atomic mass is 16.2. The van der Waals surface area contributed by atoms with E-state index in [-0.39, 0.29) is 11.3 Å². The van der Waals surface area contributed by atoms with Crippen LogP contribution < -0.4 is 0 Å². The van der Waals surface area contributed by atoms with E-state index in [1.807, 2.05) is 48.4 Å². The predicted molar refractivity (Wildman–Crippen MR) is 104 cm³/mol. The van der Waals surface area contributed by atoms with Crippen LogP contribution in [-0.4, -0.2) is 38.8 Å². The van der Waals surface area contributed by atoms with Crippen molar-refractivity contribution >= 4 is 16.8 Å². The Balaban J connectivity index is 1.46. The predicted octanol–water partition coefficient (Wildman–Crippen LogP) is 3.45. The Kier molecular flexibility index (Phi) is 3.71. The summed E-state index contributed by atoms with van der Waals surface area (Å²) in [6.45, 7) is 3.48. The third-order valence-electron chi connectivity index (χ3n) is 6.06.